The molecule has 0 spiro atoms. The van der Waals surface area contributed by atoms with E-state index in [9.17, 15) is 4.79 Å². The molecule has 3 heteroatoms. The van der Waals surface area contributed by atoms with Crippen molar-refractivity contribution in [2.45, 2.75) is 84.7 Å². The second-order valence-electron chi connectivity index (χ2n) is 9.62. The summed E-state index contributed by atoms with van der Waals surface area (Å²) in [6.07, 6.45) is 11.6. The van der Waals surface area contributed by atoms with Crippen molar-refractivity contribution in [3.63, 3.8) is 0 Å². The minimum absolute atomic E-state index is 0.255. The molecule has 3 rings (SSSR count). The van der Waals surface area contributed by atoms with Crippen LogP contribution in [0.5, 0.6) is 5.75 Å². The number of rotatable bonds is 15. The Morgan fingerprint density at radius 2 is 1.19 bits per heavy atom. The van der Waals surface area contributed by atoms with E-state index in [0.29, 0.717) is 0 Å². The number of hydrogen-bond donors (Lipinski definition) is 0. The summed E-state index contributed by atoms with van der Waals surface area (Å²) in [7, 11) is 0. The van der Waals surface area contributed by atoms with Crippen LogP contribution in [0, 0.1) is 0 Å². The number of benzene rings is 3. The fraction of sp³-hybridized carbons (Fsp3) is 0.424. The lowest BCUT2D eigenvalue weighted by Gasteiger charge is -2.14. The third kappa shape index (κ3) is 8.86. The molecular weight excluding hydrogens is 444 g/mol. The summed E-state index contributed by atoms with van der Waals surface area (Å²) in [6, 6.07) is 25.1. The number of carbonyl (C=O) groups is 1. The molecule has 0 saturated carbocycles. The highest BCUT2D eigenvalue weighted by Crippen LogP contribution is 2.33. The van der Waals surface area contributed by atoms with Gasteiger partial charge in [0.15, 0.2) is 0 Å². The molecule has 0 amide bonds. The number of unbranched alkanes of at least 4 members (excludes halogenated alkanes) is 8. The van der Waals surface area contributed by atoms with Gasteiger partial charge in [0.05, 0.1) is 6.61 Å². The van der Waals surface area contributed by atoms with E-state index in [4.69, 9.17) is 9.47 Å². The molecule has 192 valence electrons. The van der Waals surface area contributed by atoms with E-state index in [2.05, 4.69) is 67.6 Å². The normalized spacial score (nSPS) is 11.8. The maximum absolute atomic E-state index is 11.3. The molecule has 0 saturated heterocycles. The smallest absolute Gasteiger partial charge is 0.303 e. The quantitative estimate of drug-likeness (QED) is 0.158. The molecule has 0 N–H and O–H groups in total. The maximum Gasteiger partial charge on any atom is 0.303 e. The summed E-state index contributed by atoms with van der Waals surface area (Å²) in [4.78, 5) is 11.3. The van der Waals surface area contributed by atoms with Crippen molar-refractivity contribution in [2.75, 3.05) is 6.61 Å². The van der Waals surface area contributed by atoms with Crippen molar-refractivity contribution < 1.29 is 14.3 Å². The van der Waals surface area contributed by atoms with E-state index in [1.165, 1.54) is 75.0 Å². The number of esters is 1. The van der Waals surface area contributed by atoms with Gasteiger partial charge >= 0.3 is 5.97 Å². The number of ether oxygens (including phenoxy) is 2. The van der Waals surface area contributed by atoms with Gasteiger partial charge in [-0.15, -0.1) is 0 Å². The Morgan fingerprint density at radius 1 is 0.694 bits per heavy atom. The van der Waals surface area contributed by atoms with E-state index in [-0.39, 0.29) is 12.1 Å². The topological polar surface area (TPSA) is 35.5 Å². The molecule has 0 heterocycles. The molecule has 0 radical (unpaired) electrons. The number of carbonyl (C=O) groups excluding carboxylic acids is 1. The van der Waals surface area contributed by atoms with Crippen LogP contribution in [0.3, 0.4) is 0 Å². The molecule has 0 bridgehead atoms. The lowest BCUT2D eigenvalue weighted by molar-refractivity contribution is -0.145. The van der Waals surface area contributed by atoms with Gasteiger partial charge in [-0.2, -0.15) is 0 Å². The molecule has 3 aromatic carbocycles. The zero-order valence-electron chi connectivity index (χ0n) is 22.3. The van der Waals surface area contributed by atoms with Gasteiger partial charge in [-0.3, -0.25) is 4.79 Å². The summed E-state index contributed by atoms with van der Waals surface area (Å²) in [6.45, 7) is 6.38. The molecule has 3 aromatic rings. The lowest BCUT2D eigenvalue weighted by atomic mass is 9.94. The van der Waals surface area contributed by atoms with Crippen molar-refractivity contribution in [1.82, 2.24) is 0 Å². The van der Waals surface area contributed by atoms with Crippen LogP contribution < -0.4 is 4.74 Å². The highest BCUT2D eigenvalue weighted by atomic mass is 16.5. The monoisotopic (exact) mass is 486 g/mol. The first-order valence-corrected chi connectivity index (χ1v) is 13.7. The molecular formula is C33H42O3. The Morgan fingerprint density at radius 3 is 1.72 bits per heavy atom. The summed E-state index contributed by atoms with van der Waals surface area (Å²) in [5.41, 5.74) is 5.64. The van der Waals surface area contributed by atoms with E-state index in [1.807, 2.05) is 19.1 Å². The van der Waals surface area contributed by atoms with Gasteiger partial charge in [0.1, 0.15) is 11.9 Å². The van der Waals surface area contributed by atoms with Crippen LogP contribution in [0.4, 0.5) is 0 Å². The van der Waals surface area contributed by atoms with E-state index < -0.39 is 0 Å². The summed E-state index contributed by atoms with van der Waals surface area (Å²) < 4.78 is 11.3. The SMILES string of the molecule is CCCCCCCCCCCOc1ccc(-c2ccccc2-c2ccc(C(C)OC(C)=O)cc2)cc1. The first-order chi connectivity index (χ1) is 17.6. The minimum atomic E-state index is -0.266. The second kappa shape index (κ2) is 15.1. The Labute approximate surface area is 217 Å². The Balaban J connectivity index is 1.52. The molecule has 1 atom stereocenters. The summed E-state index contributed by atoms with van der Waals surface area (Å²) in [5.74, 6) is 0.664. The van der Waals surface area contributed by atoms with Crippen LogP contribution in [0.1, 0.15) is 90.2 Å². The Bertz CT molecular complexity index is 1040. The van der Waals surface area contributed by atoms with Crippen molar-refractivity contribution >= 4 is 5.97 Å². The fourth-order valence-corrected chi connectivity index (χ4v) is 4.57. The van der Waals surface area contributed by atoms with Gasteiger partial charge in [0.25, 0.3) is 0 Å². The minimum Gasteiger partial charge on any atom is -0.494 e. The van der Waals surface area contributed by atoms with Gasteiger partial charge in [0, 0.05) is 6.92 Å². The van der Waals surface area contributed by atoms with Crippen LogP contribution in [-0.2, 0) is 9.53 Å². The van der Waals surface area contributed by atoms with Gasteiger partial charge in [-0.05, 0) is 53.3 Å². The molecule has 36 heavy (non-hydrogen) atoms. The summed E-state index contributed by atoms with van der Waals surface area (Å²) in [5, 5.41) is 0. The largest absolute Gasteiger partial charge is 0.494 e. The average Bonchev–Trinajstić information content (AvgIpc) is 2.90. The van der Waals surface area contributed by atoms with Crippen molar-refractivity contribution in [2.24, 2.45) is 0 Å². The molecule has 0 aromatic heterocycles. The molecule has 0 aliphatic rings. The van der Waals surface area contributed by atoms with Gasteiger partial charge in [-0.25, -0.2) is 0 Å². The molecule has 1 unspecified atom stereocenters. The van der Waals surface area contributed by atoms with Crippen LogP contribution in [0.15, 0.2) is 72.8 Å². The highest BCUT2D eigenvalue weighted by molar-refractivity contribution is 5.83. The standard InChI is InChI=1S/C33H42O3/c1-4-5-6-7-8-9-10-11-14-25-35-31-23-21-30(22-24-31)33-16-13-12-15-32(33)29-19-17-28(18-20-29)26(2)36-27(3)34/h12-13,15-24,26H,4-11,14,25H2,1-3H3. The van der Waals surface area contributed by atoms with Crippen molar-refractivity contribution in [3.8, 4) is 28.0 Å². The predicted molar refractivity (Wildman–Crippen MR) is 150 cm³/mol. The van der Waals surface area contributed by atoms with Gasteiger partial charge in [-0.1, -0.05) is 119 Å². The Kier molecular flexibility index (Phi) is 11.6. The molecule has 0 aliphatic heterocycles. The van der Waals surface area contributed by atoms with Gasteiger partial charge in [0.2, 0.25) is 0 Å². The van der Waals surface area contributed by atoms with Crippen LogP contribution >= 0.6 is 0 Å². The fourth-order valence-electron chi connectivity index (χ4n) is 4.57. The van der Waals surface area contributed by atoms with Crippen molar-refractivity contribution in [3.05, 3.63) is 78.4 Å². The van der Waals surface area contributed by atoms with Crippen molar-refractivity contribution in [1.29, 1.82) is 0 Å². The van der Waals surface area contributed by atoms with Crippen LogP contribution in [0.25, 0.3) is 22.3 Å². The number of hydrogen-bond acceptors (Lipinski definition) is 3. The zero-order chi connectivity index (χ0) is 25.6. The first kappa shape index (κ1) is 27.5. The Hall–Kier alpha value is -3.07. The third-order valence-corrected chi connectivity index (χ3v) is 6.64. The second-order valence-corrected chi connectivity index (χ2v) is 9.62. The van der Waals surface area contributed by atoms with Crippen LogP contribution in [0.2, 0.25) is 0 Å². The zero-order valence-corrected chi connectivity index (χ0v) is 22.3. The van der Waals surface area contributed by atoms with E-state index >= 15 is 0 Å². The van der Waals surface area contributed by atoms with E-state index in [1.54, 1.807) is 0 Å². The lowest BCUT2D eigenvalue weighted by Crippen LogP contribution is -2.04. The molecule has 3 nitrogen and oxygen atoms in total. The first-order valence-electron chi connectivity index (χ1n) is 13.7. The summed E-state index contributed by atoms with van der Waals surface area (Å²) >= 11 is 0. The molecule has 0 aliphatic carbocycles. The highest BCUT2D eigenvalue weighted by Gasteiger charge is 2.11. The van der Waals surface area contributed by atoms with E-state index in [0.717, 1.165) is 29.9 Å². The predicted octanol–water partition coefficient (Wildman–Crippen LogP) is 9.55. The average molecular weight is 487 g/mol. The molecule has 0 fully saturated rings. The van der Waals surface area contributed by atoms with Gasteiger partial charge < -0.3 is 9.47 Å². The maximum atomic E-state index is 11.3. The third-order valence-electron chi connectivity index (χ3n) is 6.64. The van der Waals surface area contributed by atoms with Crippen LogP contribution in [-0.4, -0.2) is 12.6 Å².